The molecule has 23 heavy (non-hydrogen) atoms. The Kier molecular flexibility index (Phi) is 5.09. The Hall–Kier alpha value is -1.30. The molecular formula is C16H20Cl2N3O2+. The molecule has 1 saturated heterocycles. The number of amides is 2. The lowest BCUT2D eigenvalue weighted by Gasteiger charge is -2.37. The van der Waals surface area contributed by atoms with Crippen LogP contribution in [0.1, 0.15) is 32.1 Å². The molecular weight excluding hydrogens is 337 g/mol. The SMILES string of the molecule is O=C(C[C@H]1[NH2+][C@@H]2CCCC[C@@H]2NC1=O)Nc1ccc(Cl)c(Cl)c1. The summed E-state index contributed by atoms with van der Waals surface area (Å²) >= 11 is 11.8. The Labute approximate surface area is 145 Å². The zero-order valence-corrected chi connectivity index (χ0v) is 14.2. The average Bonchev–Trinajstić information content (AvgIpc) is 2.51. The molecule has 5 nitrogen and oxygen atoms in total. The topological polar surface area (TPSA) is 74.8 Å². The maximum Gasteiger partial charge on any atom is 0.279 e. The lowest BCUT2D eigenvalue weighted by molar-refractivity contribution is -0.718. The minimum Gasteiger partial charge on any atom is -0.342 e. The number of hydrogen-bond acceptors (Lipinski definition) is 2. The number of hydrogen-bond donors (Lipinski definition) is 3. The molecule has 1 aliphatic heterocycles. The molecule has 3 rings (SSSR count). The third-order valence-electron chi connectivity index (χ3n) is 4.57. The number of anilines is 1. The maximum absolute atomic E-state index is 12.2. The Morgan fingerprint density at radius 2 is 2.04 bits per heavy atom. The van der Waals surface area contributed by atoms with Crippen molar-refractivity contribution in [3.63, 3.8) is 0 Å². The molecule has 1 aromatic rings. The second kappa shape index (κ2) is 7.07. The number of piperazine rings is 1. The summed E-state index contributed by atoms with van der Waals surface area (Å²) in [6.45, 7) is 0. The van der Waals surface area contributed by atoms with Crippen molar-refractivity contribution in [2.75, 3.05) is 5.32 Å². The van der Waals surface area contributed by atoms with Gasteiger partial charge in [0.05, 0.1) is 22.5 Å². The smallest absolute Gasteiger partial charge is 0.279 e. The summed E-state index contributed by atoms with van der Waals surface area (Å²) in [5.74, 6) is -0.244. The van der Waals surface area contributed by atoms with Gasteiger partial charge in [0.15, 0.2) is 6.04 Å². The lowest BCUT2D eigenvalue weighted by atomic mass is 9.87. The Morgan fingerprint density at radius 1 is 1.26 bits per heavy atom. The highest BCUT2D eigenvalue weighted by Gasteiger charge is 2.40. The first-order valence-electron chi connectivity index (χ1n) is 7.93. The molecule has 1 heterocycles. The highest BCUT2D eigenvalue weighted by Crippen LogP contribution is 2.25. The molecule has 2 aliphatic rings. The van der Waals surface area contributed by atoms with Crippen LogP contribution in [0.2, 0.25) is 10.0 Å². The second-order valence-corrected chi connectivity index (χ2v) is 7.06. The zero-order chi connectivity index (χ0) is 16.4. The number of rotatable bonds is 3. The van der Waals surface area contributed by atoms with Crippen LogP contribution in [-0.4, -0.2) is 29.9 Å². The van der Waals surface area contributed by atoms with E-state index < -0.39 is 0 Å². The van der Waals surface area contributed by atoms with Gasteiger partial charge in [-0.15, -0.1) is 0 Å². The summed E-state index contributed by atoms with van der Waals surface area (Å²) in [7, 11) is 0. The molecule has 0 radical (unpaired) electrons. The predicted molar refractivity (Wildman–Crippen MR) is 89.6 cm³/mol. The van der Waals surface area contributed by atoms with Crippen LogP contribution in [0.25, 0.3) is 0 Å². The lowest BCUT2D eigenvalue weighted by Crippen LogP contribution is -3.03. The summed E-state index contributed by atoms with van der Waals surface area (Å²) in [4.78, 5) is 24.4. The first-order chi connectivity index (χ1) is 11.0. The standard InChI is InChI=1S/C16H19Cl2N3O2/c17-10-6-5-9(7-11(10)18)19-15(22)8-14-16(23)21-13-4-2-1-3-12(13)20-14/h5-7,12-14,20H,1-4,8H2,(H,19,22)(H,21,23)/p+1/t12-,13+,14-/m1/s1. The molecule has 0 aromatic heterocycles. The highest BCUT2D eigenvalue weighted by atomic mass is 35.5. The van der Waals surface area contributed by atoms with Crippen LogP contribution < -0.4 is 16.0 Å². The molecule has 4 N–H and O–H groups in total. The van der Waals surface area contributed by atoms with Gasteiger partial charge in [0.25, 0.3) is 5.91 Å². The molecule has 2 amide bonds. The fraction of sp³-hybridized carbons (Fsp3) is 0.500. The van der Waals surface area contributed by atoms with Gasteiger partial charge in [0.2, 0.25) is 5.91 Å². The maximum atomic E-state index is 12.2. The van der Waals surface area contributed by atoms with E-state index in [4.69, 9.17) is 23.2 Å². The van der Waals surface area contributed by atoms with Crippen molar-refractivity contribution >= 4 is 40.7 Å². The van der Waals surface area contributed by atoms with Crippen LogP contribution in [0.15, 0.2) is 18.2 Å². The van der Waals surface area contributed by atoms with Gasteiger partial charge in [-0.25, -0.2) is 0 Å². The van der Waals surface area contributed by atoms with Crippen molar-refractivity contribution in [2.24, 2.45) is 0 Å². The second-order valence-electron chi connectivity index (χ2n) is 6.24. The Morgan fingerprint density at radius 3 is 2.83 bits per heavy atom. The van der Waals surface area contributed by atoms with Crippen molar-refractivity contribution < 1.29 is 14.9 Å². The highest BCUT2D eigenvalue weighted by molar-refractivity contribution is 6.42. The van der Waals surface area contributed by atoms with Crippen LogP contribution in [0, 0.1) is 0 Å². The average molecular weight is 357 g/mol. The largest absolute Gasteiger partial charge is 0.342 e. The van der Waals surface area contributed by atoms with Gasteiger partial charge in [-0.3, -0.25) is 9.59 Å². The molecule has 124 valence electrons. The van der Waals surface area contributed by atoms with E-state index in [-0.39, 0.29) is 30.3 Å². The van der Waals surface area contributed by atoms with Crippen molar-refractivity contribution in [3.8, 4) is 0 Å². The van der Waals surface area contributed by atoms with E-state index in [9.17, 15) is 9.59 Å². The fourth-order valence-corrected chi connectivity index (χ4v) is 3.69. The van der Waals surface area contributed by atoms with E-state index in [1.807, 2.05) is 0 Å². The third kappa shape index (κ3) is 3.97. The predicted octanol–water partition coefficient (Wildman–Crippen LogP) is 1.69. The Bertz CT molecular complexity index is 623. The minimum atomic E-state index is -0.364. The van der Waals surface area contributed by atoms with E-state index in [1.54, 1.807) is 18.2 Å². The van der Waals surface area contributed by atoms with Gasteiger partial charge in [-0.05, 0) is 31.0 Å². The first-order valence-corrected chi connectivity index (χ1v) is 8.69. The van der Waals surface area contributed by atoms with Gasteiger partial charge in [0.1, 0.15) is 6.04 Å². The number of carbonyl (C=O) groups is 2. The van der Waals surface area contributed by atoms with Crippen LogP contribution in [0.4, 0.5) is 5.69 Å². The summed E-state index contributed by atoms with van der Waals surface area (Å²) in [6, 6.07) is 5.20. The minimum absolute atomic E-state index is 0.0440. The van der Waals surface area contributed by atoms with E-state index in [0.29, 0.717) is 21.8 Å². The quantitative estimate of drug-likeness (QED) is 0.770. The molecule has 3 atom stereocenters. The van der Waals surface area contributed by atoms with Crippen molar-refractivity contribution in [1.29, 1.82) is 0 Å². The van der Waals surface area contributed by atoms with E-state index in [0.717, 1.165) is 19.3 Å². The van der Waals surface area contributed by atoms with Gasteiger partial charge < -0.3 is 16.0 Å². The molecule has 0 spiro atoms. The monoisotopic (exact) mass is 356 g/mol. The van der Waals surface area contributed by atoms with Gasteiger partial charge in [0, 0.05) is 12.1 Å². The number of benzene rings is 1. The van der Waals surface area contributed by atoms with Gasteiger partial charge >= 0.3 is 0 Å². The summed E-state index contributed by atoms with van der Waals surface area (Å²) < 4.78 is 0. The van der Waals surface area contributed by atoms with Gasteiger partial charge in [-0.1, -0.05) is 29.6 Å². The molecule has 0 bridgehead atoms. The van der Waals surface area contributed by atoms with Crippen LogP contribution in [0.3, 0.4) is 0 Å². The van der Waals surface area contributed by atoms with Crippen LogP contribution in [0.5, 0.6) is 0 Å². The number of quaternary nitrogens is 1. The van der Waals surface area contributed by atoms with Gasteiger partial charge in [-0.2, -0.15) is 0 Å². The number of fused-ring (bicyclic) bond motifs is 1. The number of halogens is 2. The third-order valence-corrected chi connectivity index (χ3v) is 5.31. The molecule has 1 aromatic carbocycles. The van der Waals surface area contributed by atoms with Crippen molar-refractivity contribution in [3.05, 3.63) is 28.2 Å². The molecule has 0 unspecified atom stereocenters. The molecule has 7 heteroatoms. The fourth-order valence-electron chi connectivity index (χ4n) is 3.39. The van der Waals surface area contributed by atoms with Crippen LogP contribution >= 0.6 is 23.2 Å². The molecule has 2 fully saturated rings. The summed E-state index contributed by atoms with van der Waals surface area (Å²) in [5.41, 5.74) is 0.580. The zero-order valence-electron chi connectivity index (χ0n) is 12.6. The van der Waals surface area contributed by atoms with Crippen molar-refractivity contribution in [1.82, 2.24) is 5.32 Å². The van der Waals surface area contributed by atoms with Crippen molar-refractivity contribution in [2.45, 2.75) is 50.2 Å². The first kappa shape index (κ1) is 16.6. The Balaban J connectivity index is 1.58. The van der Waals surface area contributed by atoms with E-state index in [2.05, 4.69) is 16.0 Å². The van der Waals surface area contributed by atoms with Crippen LogP contribution in [-0.2, 0) is 9.59 Å². The summed E-state index contributed by atoms with van der Waals surface area (Å²) in [5, 5.41) is 8.72. The normalized spacial score (nSPS) is 27.0. The molecule has 1 aliphatic carbocycles. The molecule has 1 saturated carbocycles. The number of carbonyl (C=O) groups excluding carboxylic acids is 2. The number of nitrogens with two attached hydrogens (primary N) is 1. The van der Waals surface area contributed by atoms with E-state index in [1.165, 1.54) is 6.42 Å². The summed E-state index contributed by atoms with van der Waals surface area (Å²) in [6.07, 6.45) is 4.63. The number of nitrogens with one attached hydrogen (secondary N) is 2. The van der Waals surface area contributed by atoms with E-state index >= 15 is 0 Å².